The quantitative estimate of drug-likeness (QED) is 0.669. The summed E-state index contributed by atoms with van der Waals surface area (Å²) in [6, 6.07) is 8.34. The Labute approximate surface area is 168 Å². The summed E-state index contributed by atoms with van der Waals surface area (Å²) in [7, 11) is 0. The summed E-state index contributed by atoms with van der Waals surface area (Å²) in [6.45, 7) is 6.85. The van der Waals surface area contributed by atoms with Gasteiger partial charge in [-0.3, -0.25) is 0 Å². The molecule has 1 heterocycles. The fourth-order valence-corrected chi connectivity index (χ4v) is 4.03. The van der Waals surface area contributed by atoms with Crippen molar-refractivity contribution in [3.63, 3.8) is 0 Å². The molecule has 3 rings (SSSR count). The summed E-state index contributed by atoms with van der Waals surface area (Å²) in [5.74, 6) is 5.90. The fourth-order valence-electron chi connectivity index (χ4n) is 4.03. The molecule has 0 aromatic heterocycles. The largest absolute Gasteiger partial charge is 0.384 e. The third-order valence-electron chi connectivity index (χ3n) is 5.33. The third-order valence-corrected chi connectivity index (χ3v) is 5.33. The van der Waals surface area contributed by atoms with E-state index >= 15 is 0 Å². The zero-order valence-corrected chi connectivity index (χ0v) is 16.7. The molecule has 1 saturated heterocycles. The number of fused-ring (bicyclic) bond motifs is 1. The molecular weight excluding hydrogens is 348 g/mol. The van der Waals surface area contributed by atoms with Crippen LogP contribution in [0.5, 0.6) is 0 Å². The fraction of sp³-hybridized carbons (Fsp3) is 0.440. The molecule has 1 aliphatic carbocycles. The van der Waals surface area contributed by atoms with Gasteiger partial charge in [-0.15, -0.1) is 0 Å². The van der Waals surface area contributed by atoms with Gasteiger partial charge in [-0.1, -0.05) is 74.3 Å². The minimum absolute atomic E-state index is 0.159. The van der Waals surface area contributed by atoms with Crippen LogP contribution in [0.15, 0.2) is 54.6 Å². The average Bonchev–Trinajstić information content (AvgIpc) is 2.98. The summed E-state index contributed by atoms with van der Waals surface area (Å²) in [6.07, 6.45) is 11.7. The maximum atomic E-state index is 9.18. The van der Waals surface area contributed by atoms with Gasteiger partial charge in [0.1, 0.15) is 12.2 Å². The molecule has 0 spiro atoms. The van der Waals surface area contributed by atoms with Crippen LogP contribution in [0.25, 0.3) is 5.57 Å². The maximum absolute atomic E-state index is 9.18. The lowest BCUT2D eigenvalue weighted by atomic mass is 9.86. The average molecular weight is 379 g/mol. The molecule has 0 bridgehead atoms. The van der Waals surface area contributed by atoms with E-state index < -0.39 is 5.60 Å². The molecule has 148 valence electrons. The van der Waals surface area contributed by atoms with Gasteiger partial charge < -0.3 is 14.6 Å². The van der Waals surface area contributed by atoms with Crippen molar-refractivity contribution in [2.75, 3.05) is 13.2 Å². The molecule has 1 aromatic carbocycles. The van der Waals surface area contributed by atoms with Crippen LogP contribution >= 0.6 is 0 Å². The lowest BCUT2D eigenvalue weighted by Crippen LogP contribution is -2.37. The van der Waals surface area contributed by atoms with E-state index in [1.807, 2.05) is 12.1 Å². The van der Waals surface area contributed by atoms with Crippen molar-refractivity contribution in [3.8, 4) is 11.8 Å². The number of rotatable bonds is 7. The van der Waals surface area contributed by atoms with Crippen LogP contribution in [0.1, 0.15) is 56.6 Å². The first-order valence-corrected chi connectivity index (χ1v) is 10.3. The number of hydrogen-bond donors (Lipinski definition) is 1. The molecule has 2 unspecified atom stereocenters. The van der Waals surface area contributed by atoms with E-state index in [2.05, 4.69) is 55.7 Å². The van der Waals surface area contributed by atoms with Gasteiger partial charge in [-0.05, 0) is 48.0 Å². The van der Waals surface area contributed by atoms with Gasteiger partial charge >= 0.3 is 0 Å². The van der Waals surface area contributed by atoms with Crippen LogP contribution in [0, 0.1) is 11.8 Å². The minimum Gasteiger partial charge on any atom is -0.384 e. The van der Waals surface area contributed by atoms with Gasteiger partial charge in [0, 0.05) is 13.0 Å². The Hall–Kier alpha value is -2.12. The lowest BCUT2D eigenvalue weighted by molar-refractivity contribution is -0.215. The Bertz CT molecular complexity index is 803. The molecule has 2 atom stereocenters. The van der Waals surface area contributed by atoms with Crippen LogP contribution in [-0.2, 0) is 15.1 Å². The number of hydrogen-bond acceptors (Lipinski definition) is 3. The number of aliphatic hydroxyl groups excluding tert-OH is 1. The normalized spacial score (nSPS) is 24.1. The van der Waals surface area contributed by atoms with Crippen molar-refractivity contribution in [1.29, 1.82) is 0 Å². The summed E-state index contributed by atoms with van der Waals surface area (Å²) in [4.78, 5) is 0. The summed E-state index contributed by atoms with van der Waals surface area (Å²) in [5, 5.41) is 9.18. The molecule has 3 nitrogen and oxygen atoms in total. The Balaban J connectivity index is 2.11. The van der Waals surface area contributed by atoms with Gasteiger partial charge in [-0.2, -0.15) is 0 Å². The van der Waals surface area contributed by atoms with E-state index in [-0.39, 0.29) is 12.9 Å². The molecule has 0 amide bonds. The molecule has 1 aromatic rings. The SMILES string of the molecule is C=CC1=C(C=CCCC)c2ccccc2C1(CC#CCO)OC1CCCCO1. The monoisotopic (exact) mass is 378 g/mol. The topological polar surface area (TPSA) is 38.7 Å². The Kier molecular flexibility index (Phi) is 7.28. The lowest BCUT2D eigenvalue weighted by Gasteiger charge is -2.36. The van der Waals surface area contributed by atoms with E-state index in [0.717, 1.165) is 61.0 Å². The highest BCUT2D eigenvalue weighted by atomic mass is 16.7. The number of aliphatic hydroxyl groups is 1. The zero-order chi connectivity index (χ0) is 19.8. The molecular formula is C25H30O3. The van der Waals surface area contributed by atoms with Crippen molar-refractivity contribution >= 4 is 5.57 Å². The number of ether oxygens (including phenoxy) is 2. The summed E-state index contributed by atoms with van der Waals surface area (Å²) in [5.41, 5.74) is 3.70. The predicted octanol–water partition coefficient (Wildman–Crippen LogP) is 5.12. The molecule has 3 heteroatoms. The predicted molar refractivity (Wildman–Crippen MR) is 113 cm³/mol. The van der Waals surface area contributed by atoms with Crippen molar-refractivity contribution in [1.82, 2.24) is 0 Å². The molecule has 1 aliphatic heterocycles. The van der Waals surface area contributed by atoms with E-state index in [0.29, 0.717) is 6.42 Å². The van der Waals surface area contributed by atoms with Crippen LogP contribution in [-0.4, -0.2) is 24.6 Å². The Morgan fingerprint density at radius 1 is 1.32 bits per heavy atom. The van der Waals surface area contributed by atoms with Gasteiger partial charge in [0.2, 0.25) is 0 Å². The van der Waals surface area contributed by atoms with Gasteiger partial charge in [0.25, 0.3) is 0 Å². The minimum atomic E-state index is -0.728. The maximum Gasteiger partial charge on any atom is 0.159 e. The van der Waals surface area contributed by atoms with Crippen molar-refractivity contribution in [2.45, 2.75) is 57.3 Å². The van der Waals surface area contributed by atoms with Crippen LogP contribution in [0.4, 0.5) is 0 Å². The van der Waals surface area contributed by atoms with Crippen molar-refractivity contribution in [2.24, 2.45) is 0 Å². The highest BCUT2D eigenvalue weighted by molar-refractivity contribution is 5.87. The second-order valence-corrected chi connectivity index (χ2v) is 7.20. The molecule has 28 heavy (non-hydrogen) atoms. The van der Waals surface area contributed by atoms with Gasteiger partial charge in [0.15, 0.2) is 6.29 Å². The molecule has 0 saturated carbocycles. The molecule has 1 N–H and O–H groups in total. The summed E-state index contributed by atoms with van der Waals surface area (Å²) >= 11 is 0. The number of unbranched alkanes of at least 4 members (excludes halogenated alkanes) is 1. The first kappa shape index (κ1) is 20.6. The number of benzene rings is 1. The third kappa shape index (κ3) is 4.15. The molecule has 0 radical (unpaired) electrons. The first-order valence-electron chi connectivity index (χ1n) is 10.3. The van der Waals surface area contributed by atoms with Gasteiger partial charge in [-0.25, -0.2) is 0 Å². The Morgan fingerprint density at radius 2 is 2.18 bits per heavy atom. The molecule has 2 aliphatic rings. The smallest absolute Gasteiger partial charge is 0.159 e. The second kappa shape index (κ2) is 9.89. The number of allylic oxidation sites excluding steroid dienone is 3. The molecule has 1 fully saturated rings. The van der Waals surface area contributed by atoms with E-state index in [1.165, 1.54) is 0 Å². The van der Waals surface area contributed by atoms with Crippen molar-refractivity contribution < 1.29 is 14.6 Å². The first-order chi connectivity index (χ1) is 13.8. The van der Waals surface area contributed by atoms with Gasteiger partial charge in [0.05, 0.1) is 0 Å². The highest BCUT2D eigenvalue weighted by Gasteiger charge is 2.46. The summed E-state index contributed by atoms with van der Waals surface area (Å²) < 4.78 is 12.6. The standard InChI is InChI=1S/C25H30O3/c1-3-5-6-13-20-21-14-7-8-15-23(21)25(22(20)4-2,17-10-11-18-26)28-24-16-9-12-19-27-24/h4,6-8,13-15,24,26H,2-3,5,9,12,16-19H2,1H3. The zero-order valence-electron chi connectivity index (χ0n) is 16.7. The van der Waals surface area contributed by atoms with E-state index in [4.69, 9.17) is 9.47 Å². The Morgan fingerprint density at radius 3 is 2.89 bits per heavy atom. The van der Waals surface area contributed by atoms with E-state index in [9.17, 15) is 5.11 Å². The van der Waals surface area contributed by atoms with Crippen molar-refractivity contribution in [3.05, 3.63) is 65.8 Å². The van der Waals surface area contributed by atoms with Crippen LogP contribution in [0.3, 0.4) is 0 Å². The highest BCUT2D eigenvalue weighted by Crippen LogP contribution is 2.51. The second-order valence-electron chi connectivity index (χ2n) is 7.20. The van der Waals surface area contributed by atoms with Crippen LogP contribution < -0.4 is 0 Å². The van der Waals surface area contributed by atoms with Crippen LogP contribution in [0.2, 0.25) is 0 Å². The van der Waals surface area contributed by atoms with E-state index in [1.54, 1.807) is 0 Å².